The summed E-state index contributed by atoms with van der Waals surface area (Å²) < 4.78 is 10.0. The van der Waals surface area contributed by atoms with Gasteiger partial charge in [0.15, 0.2) is 5.69 Å². The summed E-state index contributed by atoms with van der Waals surface area (Å²) in [6.07, 6.45) is 9.09. The van der Waals surface area contributed by atoms with Gasteiger partial charge in [0.1, 0.15) is 6.26 Å². The Bertz CT molecular complexity index is 964. The highest BCUT2D eigenvalue weighted by Crippen LogP contribution is 2.59. The van der Waals surface area contributed by atoms with Crippen molar-refractivity contribution in [3.63, 3.8) is 0 Å². The van der Waals surface area contributed by atoms with Gasteiger partial charge < -0.3 is 14.5 Å². The van der Waals surface area contributed by atoms with Crippen LogP contribution in [-0.4, -0.2) is 30.5 Å². The van der Waals surface area contributed by atoms with Crippen LogP contribution in [0.1, 0.15) is 59.4 Å². The van der Waals surface area contributed by atoms with Gasteiger partial charge in [-0.3, -0.25) is 4.79 Å². The van der Waals surface area contributed by atoms with Gasteiger partial charge in [-0.05, 0) is 79.9 Å². The maximum atomic E-state index is 13.0. The second-order valence-corrected chi connectivity index (χ2v) is 9.73. The van der Waals surface area contributed by atoms with Crippen molar-refractivity contribution in [3.8, 4) is 11.5 Å². The number of hydrogen-bond donors (Lipinski definition) is 1. The van der Waals surface area contributed by atoms with E-state index in [0.29, 0.717) is 22.7 Å². The molecule has 158 valence electrons. The molecule has 0 aliphatic heterocycles. The first-order valence-electron chi connectivity index (χ1n) is 10.6. The molecule has 0 atom stereocenters. The summed E-state index contributed by atoms with van der Waals surface area (Å²) in [5.74, 6) is 2.00. The highest BCUT2D eigenvalue weighted by molar-refractivity contribution is 6.34. The van der Waals surface area contributed by atoms with Gasteiger partial charge in [0.05, 0.1) is 17.7 Å². The molecule has 0 radical (unpaired) electrons. The molecule has 1 N–H and O–H groups in total. The molecule has 1 aromatic carbocycles. The van der Waals surface area contributed by atoms with Crippen LogP contribution >= 0.6 is 11.6 Å². The van der Waals surface area contributed by atoms with Gasteiger partial charge in [-0.25, -0.2) is 9.78 Å². The van der Waals surface area contributed by atoms with Crippen molar-refractivity contribution in [2.24, 2.45) is 23.2 Å². The zero-order valence-electron chi connectivity index (χ0n) is 16.9. The Morgan fingerprint density at radius 1 is 1.20 bits per heavy atom. The summed E-state index contributed by atoms with van der Waals surface area (Å²) in [6.45, 7) is 0.710. The van der Waals surface area contributed by atoms with Gasteiger partial charge >= 0.3 is 5.97 Å². The average Bonchev–Trinajstić information content (AvgIpc) is 3.21. The Labute approximate surface area is 180 Å². The smallest absolute Gasteiger partial charge is 0.360 e. The third-order valence-electron chi connectivity index (χ3n) is 7.15. The highest BCUT2D eigenvalue weighted by Gasteiger charge is 2.50. The van der Waals surface area contributed by atoms with Crippen LogP contribution in [0.3, 0.4) is 0 Å². The second kappa shape index (κ2) is 7.41. The van der Waals surface area contributed by atoms with Gasteiger partial charge in [0.25, 0.3) is 5.91 Å². The fourth-order valence-corrected chi connectivity index (χ4v) is 6.51. The van der Waals surface area contributed by atoms with Crippen LogP contribution in [0.5, 0.6) is 0 Å². The molecule has 30 heavy (non-hydrogen) atoms. The first kappa shape index (κ1) is 19.6. The summed E-state index contributed by atoms with van der Waals surface area (Å²) in [5.41, 5.74) is 1.30. The first-order valence-corrected chi connectivity index (χ1v) is 10.9. The van der Waals surface area contributed by atoms with E-state index in [9.17, 15) is 9.59 Å². The van der Waals surface area contributed by atoms with E-state index in [1.165, 1.54) is 51.9 Å². The van der Waals surface area contributed by atoms with Crippen molar-refractivity contribution in [1.29, 1.82) is 0 Å². The van der Waals surface area contributed by atoms with Crippen molar-refractivity contribution < 1.29 is 18.7 Å². The average molecular weight is 429 g/mol. The number of methoxy groups -OCH3 is 1. The van der Waals surface area contributed by atoms with Gasteiger partial charge in [0.2, 0.25) is 5.89 Å². The van der Waals surface area contributed by atoms with Crippen molar-refractivity contribution in [2.45, 2.75) is 38.5 Å². The Morgan fingerprint density at radius 2 is 1.87 bits per heavy atom. The summed E-state index contributed by atoms with van der Waals surface area (Å²) in [7, 11) is 1.28. The Balaban J connectivity index is 1.32. The number of hydrogen-bond acceptors (Lipinski definition) is 5. The molecule has 1 amide bonds. The first-order chi connectivity index (χ1) is 14.4. The molecule has 0 saturated heterocycles. The number of carbonyl (C=O) groups excluding carboxylic acids is 2. The van der Waals surface area contributed by atoms with E-state index in [2.05, 4.69) is 15.0 Å². The van der Waals surface area contributed by atoms with E-state index >= 15 is 0 Å². The SMILES string of the molecule is COC(=O)c1coc(-c2ccc(Cl)c(C(=O)NCC34CC5CC(CC(C5)C3)C4)c2)n1. The molecule has 4 aliphatic carbocycles. The molecule has 4 fully saturated rings. The molecule has 4 saturated carbocycles. The number of rotatable bonds is 5. The summed E-state index contributed by atoms with van der Waals surface area (Å²) in [6, 6.07) is 5.02. The number of benzene rings is 1. The molecule has 4 aliphatic rings. The maximum absolute atomic E-state index is 13.0. The lowest BCUT2D eigenvalue weighted by Gasteiger charge is -2.56. The number of carbonyl (C=O) groups is 2. The standard InChI is InChI=1S/C23H25ClN2O4/c1-29-22(28)19-11-30-21(26-19)16-2-3-18(24)17(7-16)20(27)25-12-23-8-13-4-14(9-23)6-15(5-13)10-23/h2-3,7,11,13-15H,4-6,8-10,12H2,1H3,(H,25,27). The van der Waals surface area contributed by atoms with Crippen LogP contribution < -0.4 is 5.32 Å². The second-order valence-electron chi connectivity index (χ2n) is 9.32. The minimum Gasteiger partial charge on any atom is -0.464 e. The molecular formula is C23H25ClN2O4. The van der Waals surface area contributed by atoms with E-state index < -0.39 is 5.97 Å². The van der Waals surface area contributed by atoms with Crippen LogP contribution in [0, 0.1) is 23.2 Å². The monoisotopic (exact) mass is 428 g/mol. The number of nitrogens with zero attached hydrogens (tertiary/aromatic N) is 1. The molecule has 0 spiro atoms. The number of aromatic nitrogens is 1. The predicted molar refractivity (Wildman–Crippen MR) is 111 cm³/mol. The van der Waals surface area contributed by atoms with E-state index in [1.807, 2.05) is 0 Å². The Kier molecular flexibility index (Phi) is 4.85. The normalized spacial score (nSPS) is 29.1. The number of nitrogens with one attached hydrogen (secondary N) is 1. The summed E-state index contributed by atoms with van der Waals surface area (Å²) >= 11 is 6.33. The van der Waals surface area contributed by atoms with Crippen LogP contribution in [-0.2, 0) is 4.74 Å². The Hall–Kier alpha value is -2.34. The molecular weight excluding hydrogens is 404 g/mol. The number of oxazole rings is 1. The van der Waals surface area contributed by atoms with Crippen LogP contribution in [0.4, 0.5) is 0 Å². The molecule has 4 bridgehead atoms. The lowest BCUT2D eigenvalue weighted by molar-refractivity contribution is -0.0503. The van der Waals surface area contributed by atoms with E-state index in [-0.39, 0.29) is 22.9 Å². The topological polar surface area (TPSA) is 81.4 Å². The molecule has 1 aromatic heterocycles. The third kappa shape index (κ3) is 3.51. The van der Waals surface area contributed by atoms with Crippen LogP contribution in [0.25, 0.3) is 11.5 Å². The van der Waals surface area contributed by atoms with Crippen LogP contribution in [0.2, 0.25) is 5.02 Å². The van der Waals surface area contributed by atoms with Crippen molar-refractivity contribution in [2.75, 3.05) is 13.7 Å². The maximum Gasteiger partial charge on any atom is 0.360 e. The number of esters is 1. The van der Waals surface area contributed by atoms with Crippen molar-refractivity contribution >= 4 is 23.5 Å². The highest BCUT2D eigenvalue weighted by atomic mass is 35.5. The van der Waals surface area contributed by atoms with Crippen molar-refractivity contribution in [1.82, 2.24) is 10.3 Å². The third-order valence-corrected chi connectivity index (χ3v) is 7.48. The number of amides is 1. The zero-order valence-corrected chi connectivity index (χ0v) is 17.7. The van der Waals surface area contributed by atoms with Gasteiger partial charge in [-0.15, -0.1) is 0 Å². The number of halogens is 1. The molecule has 1 heterocycles. The van der Waals surface area contributed by atoms with Gasteiger partial charge in [-0.2, -0.15) is 0 Å². The predicted octanol–water partition coefficient (Wildman–Crippen LogP) is 4.73. The van der Waals surface area contributed by atoms with Crippen molar-refractivity contribution in [3.05, 3.63) is 40.7 Å². The van der Waals surface area contributed by atoms with Crippen LogP contribution in [0.15, 0.2) is 28.9 Å². The fourth-order valence-electron chi connectivity index (χ4n) is 6.31. The summed E-state index contributed by atoms with van der Waals surface area (Å²) in [4.78, 5) is 28.7. The molecule has 2 aromatic rings. The minimum atomic E-state index is -0.576. The summed E-state index contributed by atoms with van der Waals surface area (Å²) in [5, 5.41) is 3.54. The molecule has 0 unspecified atom stereocenters. The number of ether oxygens (including phenoxy) is 1. The minimum absolute atomic E-state index is 0.0790. The van der Waals surface area contributed by atoms with Gasteiger partial charge in [-0.1, -0.05) is 11.6 Å². The van der Waals surface area contributed by atoms with Gasteiger partial charge in [0, 0.05) is 12.1 Å². The van der Waals surface area contributed by atoms with E-state index in [0.717, 1.165) is 17.8 Å². The largest absolute Gasteiger partial charge is 0.464 e. The molecule has 7 heteroatoms. The zero-order chi connectivity index (χ0) is 20.9. The van der Waals surface area contributed by atoms with E-state index in [4.69, 9.17) is 16.0 Å². The lowest BCUT2D eigenvalue weighted by Crippen LogP contribution is -2.51. The molecule has 6 nitrogen and oxygen atoms in total. The molecule has 6 rings (SSSR count). The quantitative estimate of drug-likeness (QED) is 0.696. The van der Waals surface area contributed by atoms with E-state index in [1.54, 1.807) is 18.2 Å². The fraction of sp³-hybridized carbons (Fsp3) is 0.522. The Morgan fingerprint density at radius 3 is 2.50 bits per heavy atom. The lowest BCUT2D eigenvalue weighted by atomic mass is 9.49.